The molecule has 162 valence electrons. The van der Waals surface area contributed by atoms with Gasteiger partial charge in [-0.15, -0.1) is 0 Å². The molecular weight excluding hydrogens is 408 g/mol. The average Bonchev–Trinajstić information content (AvgIpc) is 3.33. The van der Waals surface area contributed by atoms with Crippen molar-refractivity contribution in [1.82, 2.24) is 10.2 Å². The van der Waals surface area contributed by atoms with Crippen LogP contribution >= 0.6 is 11.3 Å². The quantitative estimate of drug-likeness (QED) is 0.574. The van der Waals surface area contributed by atoms with Crippen molar-refractivity contribution in [3.8, 4) is 11.5 Å². The molecule has 0 spiro atoms. The minimum atomic E-state index is 0.00450. The number of hydrogen-bond donors (Lipinski definition) is 1. The molecule has 0 fully saturated rings. The van der Waals surface area contributed by atoms with Gasteiger partial charge in [0.05, 0.1) is 26.7 Å². The molecule has 3 aromatic rings. The van der Waals surface area contributed by atoms with Crippen LogP contribution in [0.15, 0.2) is 59.3 Å². The Hall–Kier alpha value is -2.83. The van der Waals surface area contributed by atoms with Crippen LogP contribution in [0.25, 0.3) is 0 Å². The van der Waals surface area contributed by atoms with Crippen molar-refractivity contribution in [2.45, 2.75) is 25.4 Å². The molecule has 1 aliphatic heterocycles. The van der Waals surface area contributed by atoms with E-state index in [-0.39, 0.29) is 11.9 Å². The van der Waals surface area contributed by atoms with E-state index in [0.717, 1.165) is 25.1 Å². The minimum Gasteiger partial charge on any atom is -0.493 e. The summed E-state index contributed by atoms with van der Waals surface area (Å²) in [5.74, 6) is 1.30. The van der Waals surface area contributed by atoms with Crippen LogP contribution in [-0.4, -0.2) is 38.1 Å². The molecule has 2 aromatic carbocycles. The molecule has 31 heavy (non-hydrogen) atoms. The summed E-state index contributed by atoms with van der Waals surface area (Å²) in [4.78, 5) is 15.2. The maximum Gasteiger partial charge on any atom is 0.224 e. The molecule has 6 heteroatoms. The monoisotopic (exact) mass is 436 g/mol. The largest absolute Gasteiger partial charge is 0.493 e. The second-order valence-corrected chi connectivity index (χ2v) is 8.51. The Balaban J connectivity index is 1.42. The molecule has 0 saturated heterocycles. The second kappa shape index (κ2) is 9.98. The molecule has 1 amide bonds. The molecule has 0 unspecified atom stereocenters. The summed E-state index contributed by atoms with van der Waals surface area (Å²) >= 11 is 1.70. The molecular formula is C25H28N2O3S. The third-order valence-electron chi connectivity index (χ3n) is 5.83. The number of ether oxygens (including phenoxy) is 2. The number of thiophene rings is 1. The van der Waals surface area contributed by atoms with Crippen LogP contribution in [0, 0.1) is 0 Å². The van der Waals surface area contributed by atoms with E-state index in [1.807, 2.05) is 18.2 Å². The van der Waals surface area contributed by atoms with E-state index in [2.05, 4.69) is 51.3 Å². The van der Waals surface area contributed by atoms with Crippen LogP contribution < -0.4 is 14.8 Å². The molecule has 2 heterocycles. The highest BCUT2D eigenvalue weighted by Gasteiger charge is 2.25. The van der Waals surface area contributed by atoms with Gasteiger partial charge in [0.1, 0.15) is 0 Å². The molecule has 1 N–H and O–H groups in total. The van der Waals surface area contributed by atoms with E-state index in [0.29, 0.717) is 24.5 Å². The van der Waals surface area contributed by atoms with Crippen molar-refractivity contribution in [2.24, 2.45) is 0 Å². The zero-order valence-electron chi connectivity index (χ0n) is 18.0. The van der Waals surface area contributed by atoms with Gasteiger partial charge in [-0.2, -0.15) is 11.3 Å². The Morgan fingerprint density at radius 3 is 2.65 bits per heavy atom. The van der Waals surface area contributed by atoms with E-state index >= 15 is 0 Å². The SMILES string of the molecule is COc1ccc(CC(=O)NC[C@@H](c2ccsc2)N2CCc3ccccc3C2)cc1OC. The Morgan fingerprint density at radius 2 is 1.90 bits per heavy atom. The maximum atomic E-state index is 12.7. The number of hydrogen-bond acceptors (Lipinski definition) is 5. The summed E-state index contributed by atoms with van der Waals surface area (Å²) in [5, 5.41) is 7.45. The van der Waals surface area contributed by atoms with Gasteiger partial charge in [-0.3, -0.25) is 9.69 Å². The second-order valence-electron chi connectivity index (χ2n) is 7.73. The molecule has 0 radical (unpaired) electrons. The zero-order valence-corrected chi connectivity index (χ0v) is 18.8. The summed E-state index contributed by atoms with van der Waals surface area (Å²) in [5.41, 5.74) is 4.97. The van der Waals surface area contributed by atoms with Crippen LogP contribution in [0.2, 0.25) is 0 Å². The minimum absolute atomic E-state index is 0.00450. The predicted molar refractivity (Wildman–Crippen MR) is 124 cm³/mol. The lowest BCUT2D eigenvalue weighted by Gasteiger charge is -2.35. The highest BCUT2D eigenvalue weighted by Crippen LogP contribution is 2.29. The fourth-order valence-electron chi connectivity index (χ4n) is 4.15. The summed E-state index contributed by atoms with van der Waals surface area (Å²) in [6.45, 7) is 2.48. The van der Waals surface area contributed by atoms with Gasteiger partial charge in [-0.25, -0.2) is 0 Å². The van der Waals surface area contributed by atoms with Crippen LogP contribution in [0.5, 0.6) is 11.5 Å². The molecule has 1 aromatic heterocycles. The lowest BCUT2D eigenvalue weighted by atomic mass is 9.97. The van der Waals surface area contributed by atoms with Crippen molar-refractivity contribution < 1.29 is 14.3 Å². The van der Waals surface area contributed by atoms with Crippen LogP contribution in [-0.2, 0) is 24.2 Å². The number of nitrogens with one attached hydrogen (secondary N) is 1. The normalized spacial score (nSPS) is 14.5. The molecule has 4 rings (SSSR count). The predicted octanol–water partition coefficient (Wildman–Crippen LogP) is 4.22. The van der Waals surface area contributed by atoms with Crippen molar-refractivity contribution in [3.05, 3.63) is 81.5 Å². The maximum absolute atomic E-state index is 12.7. The first-order valence-electron chi connectivity index (χ1n) is 10.5. The van der Waals surface area contributed by atoms with Crippen molar-refractivity contribution in [1.29, 1.82) is 0 Å². The Bertz CT molecular complexity index is 1020. The van der Waals surface area contributed by atoms with Gasteiger partial charge < -0.3 is 14.8 Å². The van der Waals surface area contributed by atoms with Gasteiger partial charge in [-0.05, 0) is 57.6 Å². The van der Waals surface area contributed by atoms with Gasteiger partial charge >= 0.3 is 0 Å². The standard InChI is InChI=1S/C25H28N2O3S/c1-29-23-8-7-18(13-24(23)30-2)14-25(28)26-15-22(21-10-12-31-17-21)27-11-9-19-5-3-4-6-20(19)16-27/h3-8,10,12-13,17,22H,9,11,14-16H2,1-2H3,(H,26,28)/t22-/m0/s1. The summed E-state index contributed by atoms with van der Waals surface area (Å²) in [6.07, 6.45) is 1.34. The average molecular weight is 437 g/mol. The van der Waals surface area contributed by atoms with E-state index in [4.69, 9.17) is 9.47 Å². The van der Waals surface area contributed by atoms with Crippen LogP contribution in [0.3, 0.4) is 0 Å². The molecule has 5 nitrogen and oxygen atoms in total. The molecule has 0 saturated carbocycles. The van der Waals surface area contributed by atoms with Crippen LogP contribution in [0.1, 0.15) is 28.3 Å². The van der Waals surface area contributed by atoms with Crippen molar-refractivity contribution >= 4 is 17.2 Å². The van der Waals surface area contributed by atoms with E-state index < -0.39 is 0 Å². The fourth-order valence-corrected chi connectivity index (χ4v) is 4.86. The summed E-state index contributed by atoms with van der Waals surface area (Å²) in [7, 11) is 3.21. The lowest BCUT2D eigenvalue weighted by molar-refractivity contribution is -0.120. The third kappa shape index (κ3) is 5.09. The number of fused-ring (bicyclic) bond motifs is 1. The van der Waals surface area contributed by atoms with Crippen LogP contribution in [0.4, 0.5) is 0 Å². The number of methoxy groups -OCH3 is 2. The number of nitrogens with zero attached hydrogens (tertiary/aromatic N) is 1. The molecule has 0 aliphatic carbocycles. The number of carbonyl (C=O) groups excluding carboxylic acids is 1. The molecule has 0 bridgehead atoms. The van der Waals surface area contributed by atoms with Gasteiger partial charge in [0.2, 0.25) is 5.91 Å². The zero-order chi connectivity index (χ0) is 21.6. The van der Waals surface area contributed by atoms with Gasteiger partial charge in [0.15, 0.2) is 11.5 Å². The first-order chi connectivity index (χ1) is 15.2. The Labute approximate surface area is 187 Å². The molecule has 1 aliphatic rings. The number of amides is 1. The third-order valence-corrected chi connectivity index (χ3v) is 6.54. The number of benzene rings is 2. The van der Waals surface area contributed by atoms with Gasteiger partial charge in [0, 0.05) is 19.6 Å². The fraction of sp³-hybridized carbons (Fsp3) is 0.320. The van der Waals surface area contributed by atoms with Gasteiger partial charge in [-0.1, -0.05) is 30.3 Å². The Morgan fingerprint density at radius 1 is 1.10 bits per heavy atom. The molecule has 1 atom stereocenters. The van der Waals surface area contributed by atoms with E-state index in [9.17, 15) is 4.79 Å². The van der Waals surface area contributed by atoms with E-state index in [1.54, 1.807) is 25.6 Å². The number of carbonyl (C=O) groups is 1. The lowest BCUT2D eigenvalue weighted by Crippen LogP contribution is -2.40. The first-order valence-corrected chi connectivity index (χ1v) is 11.4. The smallest absolute Gasteiger partial charge is 0.224 e. The van der Waals surface area contributed by atoms with Crippen molar-refractivity contribution in [3.63, 3.8) is 0 Å². The highest BCUT2D eigenvalue weighted by molar-refractivity contribution is 7.08. The van der Waals surface area contributed by atoms with E-state index in [1.165, 1.54) is 16.7 Å². The number of rotatable bonds is 8. The summed E-state index contributed by atoms with van der Waals surface area (Å²) < 4.78 is 10.6. The Kier molecular flexibility index (Phi) is 6.89. The van der Waals surface area contributed by atoms with Crippen molar-refractivity contribution in [2.75, 3.05) is 27.3 Å². The first kappa shape index (κ1) is 21.4. The highest BCUT2D eigenvalue weighted by atomic mass is 32.1. The van der Waals surface area contributed by atoms with Gasteiger partial charge in [0.25, 0.3) is 0 Å². The summed E-state index contributed by atoms with van der Waals surface area (Å²) in [6, 6.07) is 16.6. The topological polar surface area (TPSA) is 50.8 Å².